The van der Waals surface area contributed by atoms with Crippen LogP contribution in [0.25, 0.3) is 61.5 Å². The molecule has 1 unspecified atom stereocenters. The monoisotopic (exact) mass is 1100 g/mol. The normalized spacial score (nSPS) is 14.2. The molecule has 12 aromatic carbocycles. The van der Waals surface area contributed by atoms with E-state index in [1.807, 2.05) is 89.8 Å². The Morgan fingerprint density at radius 2 is 0.826 bits per heavy atom. The van der Waals surface area contributed by atoms with Gasteiger partial charge in [-0.2, -0.15) is 0 Å². The second-order valence-electron chi connectivity index (χ2n) is 22.9. The molecule has 408 valence electrons. The second kappa shape index (κ2) is 20.4. The van der Waals surface area contributed by atoms with Crippen LogP contribution in [-0.4, -0.2) is 0 Å². The van der Waals surface area contributed by atoms with Crippen LogP contribution in [0.15, 0.2) is 286 Å². The van der Waals surface area contributed by atoms with Crippen LogP contribution < -0.4 is 14.7 Å². The number of rotatable bonds is 12. The van der Waals surface area contributed by atoms with Crippen molar-refractivity contribution in [2.24, 2.45) is 0 Å². The SMILES string of the molecule is [C-]#[N+]c1ccc2c(c1)-c1cc(-c3ccccc3)ccc1C21c2ccccc2-c2c(N(c3ccc(C=C)cc3)c3cccc(N(c4ccccc4)c4cccc(N(c5ccc(C=C)cc5)c5ccc6c(c5)-c5ccccc5C6(C)C)c4)c3F)cccc21. The zero-order chi connectivity index (χ0) is 58.3. The van der Waals surface area contributed by atoms with E-state index in [-0.39, 0.29) is 5.41 Å². The number of nitrogens with zero attached hydrogens (tertiary/aromatic N) is 4. The zero-order valence-corrected chi connectivity index (χ0v) is 47.7. The van der Waals surface area contributed by atoms with Gasteiger partial charge in [0, 0.05) is 45.1 Å². The maximum Gasteiger partial charge on any atom is 0.187 e. The fourth-order valence-corrected chi connectivity index (χ4v) is 14.1. The molecule has 0 saturated heterocycles. The third-order valence-electron chi connectivity index (χ3n) is 18.0. The summed E-state index contributed by atoms with van der Waals surface area (Å²) >= 11 is 0. The molecule has 1 atom stereocenters. The van der Waals surface area contributed by atoms with Crippen LogP contribution >= 0.6 is 0 Å². The van der Waals surface area contributed by atoms with Gasteiger partial charge in [-0.1, -0.05) is 215 Å². The van der Waals surface area contributed by atoms with Gasteiger partial charge in [-0.3, -0.25) is 0 Å². The predicted molar refractivity (Wildman–Crippen MR) is 356 cm³/mol. The molecule has 0 heterocycles. The van der Waals surface area contributed by atoms with Crippen molar-refractivity contribution in [3.05, 3.63) is 348 Å². The largest absolute Gasteiger partial charge is 0.310 e. The minimum Gasteiger partial charge on any atom is -0.310 e. The molecule has 3 aliphatic rings. The van der Waals surface area contributed by atoms with Crippen LogP contribution in [0.1, 0.15) is 58.4 Å². The van der Waals surface area contributed by atoms with E-state index >= 15 is 4.39 Å². The molecule has 0 fully saturated rings. The lowest BCUT2D eigenvalue weighted by molar-refractivity contribution is 0.630. The van der Waals surface area contributed by atoms with Crippen molar-refractivity contribution < 1.29 is 4.39 Å². The summed E-state index contributed by atoms with van der Waals surface area (Å²) in [5, 5.41) is 0. The lowest BCUT2D eigenvalue weighted by Crippen LogP contribution is -2.26. The highest BCUT2D eigenvalue weighted by molar-refractivity contribution is 6.02. The summed E-state index contributed by atoms with van der Waals surface area (Å²) in [4.78, 5) is 10.4. The number of benzene rings is 12. The van der Waals surface area contributed by atoms with Crippen LogP contribution in [0.5, 0.6) is 0 Å². The Labute approximate surface area is 502 Å². The molecular weight excluding hydrogens is 1050 g/mol. The first-order valence-corrected chi connectivity index (χ1v) is 29.2. The van der Waals surface area contributed by atoms with E-state index in [0.29, 0.717) is 17.1 Å². The molecule has 1 spiro atoms. The molecule has 3 aliphatic carbocycles. The Hall–Kier alpha value is -11.1. The Balaban J connectivity index is 0.918. The topological polar surface area (TPSA) is 14.1 Å². The van der Waals surface area contributed by atoms with E-state index < -0.39 is 11.2 Å². The number of fused-ring (bicyclic) bond motifs is 13. The smallest absolute Gasteiger partial charge is 0.187 e. The quantitative estimate of drug-likeness (QED) is 0.113. The molecule has 0 N–H and O–H groups in total. The van der Waals surface area contributed by atoms with Gasteiger partial charge in [0.05, 0.1) is 29.0 Å². The molecular formula is C81H57FN4. The summed E-state index contributed by atoms with van der Waals surface area (Å²) in [5.74, 6) is -0.401. The summed E-state index contributed by atoms with van der Waals surface area (Å²) in [7, 11) is 0. The fraction of sp³-hybridized carbons (Fsp3) is 0.0494. The van der Waals surface area contributed by atoms with Crippen LogP contribution in [0.4, 0.5) is 61.3 Å². The van der Waals surface area contributed by atoms with E-state index in [9.17, 15) is 0 Å². The van der Waals surface area contributed by atoms with Gasteiger partial charge in [0.1, 0.15) is 0 Å². The lowest BCUT2D eigenvalue weighted by Gasteiger charge is -2.33. The fourth-order valence-electron chi connectivity index (χ4n) is 14.1. The maximum absolute atomic E-state index is 19.3. The molecule has 0 amide bonds. The van der Waals surface area contributed by atoms with Gasteiger partial charge in [0.15, 0.2) is 11.5 Å². The number of para-hydroxylation sites is 1. The van der Waals surface area contributed by atoms with Crippen LogP contribution in [0.2, 0.25) is 0 Å². The molecule has 0 saturated carbocycles. The summed E-state index contributed by atoms with van der Waals surface area (Å²) in [5.41, 5.74) is 24.5. The van der Waals surface area contributed by atoms with Gasteiger partial charge in [0.25, 0.3) is 0 Å². The summed E-state index contributed by atoms with van der Waals surface area (Å²) in [6.45, 7) is 20.9. The lowest BCUT2D eigenvalue weighted by atomic mass is 9.70. The third-order valence-corrected chi connectivity index (χ3v) is 18.0. The summed E-state index contributed by atoms with van der Waals surface area (Å²) in [6, 6.07) is 95.2. The summed E-state index contributed by atoms with van der Waals surface area (Å²) in [6.07, 6.45) is 3.70. The van der Waals surface area contributed by atoms with Crippen molar-refractivity contribution in [1.82, 2.24) is 0 Å². The number of hydrogen-bond acceptors (Lipinski definition) is 3. The molecule has 5 heteroatoms. The second-order valence-corrected chi connectivity index (χ2v) is 22.9. The van der Waals surface area contributed by atoms with Gasteiger partial charge in [-0.05, 0) is 181 Å². The molecule has 0 aromatic heterocycles. The molecule has 0 bridgehead atoms. The minimum absolute atomic E-state index is 0.152. The van der Waals surface area contributed by atoms with Crippen LogP contribution in [0, 0.1) is 12.4 Å². The van der Waals surface area contributed by atoms with E-state index in [1.54, 1.807) is 0 Å². The van der Waals surface area contributed by atoms with E-state index in [4.69, 9.17) is 6.57 Å². The first-order chi connectivity index (χ1) is 42.2. The summed E-state index contributed by atoms with van der Waals surface area (Å²) < 4.78 is 19.3. The highest BCUT2D eigenvalue weighted by Crippen LogP contribution is 2.66. The predicted octanol–water partition coefficient (Wildman–Crippen LogP) is 22.4. The number of anilines is 9. The molecule has 15 rings (SSSR count). The average Bonchev–Trinajstić information content (AvgIpc) is 1.59. The number of halogens is 1. The molecule has 4 nitrogen and oxygen atoms in total. The van der Waals surface area contributed by atoms with Crippen molar-refractivity contribution in [2.75, 3.05) is 14.7 Å². The Bertz CT molecular complexity index is 4750. The van der Waals surface area contributed by atoms with E-state index in [0.717, 1.165) is 107 Å². The first kappa shape index (κ1) is 51.8. The van der Waals surface area contributed by atoms with Crippen LogP contribution in [0.3, 0.4) is 0 Å². The molecule has 12 aromatic rings. The van der Waals surface area contributed by atoms with Crippen LogP contribution in [-0.2, 0) is 10.8 Å². The third kappa shape index (κ3) is 7.95. The standard InChI is InChI=1S/C81H57FN4/c1-6-53-35-41-59(42-36-53)84(63-45-48-70-68(52-63)64-27-14-16-29-69(64)80(70,3)4)61-25-18-26-62(51-61)85(58-23-12-9-13-24-58)76-33-20-34-77(79(76)82)86(60-43-37-54(7-2)38-44-60)75-32-19-31-74-78(75)65-28-15-17-30-71(65)81(74)72-46-39-56(55-21-10-8-11-22-55)49-66(72)67-50-57(83-5)40-47-73(67)81/h6-52H,1-2H2,3-4H3. The van der Waals surface area contributed by atoms with Crippen molar-refractivity contribution in [1.29, 1.82) is 0 Å². The highest BCUT2D eigenvalue weighted by Gasteiger charge is 2.53. The van der Waals surface area contributed by atoms with Gasteiger partial charge >= 0.3 is 0 Å². The van der Waals surface area contributed by atoms with Crippen molar-refractivity contribution in [3.8, 4) is 44.5 Å². The number of hydrogen-bond donors (Lipinski definition) is 0. The molecule has 0 radical (unpaired) electrons. The average molecular weight is 1110 g/mol. The van der Waals surface area contributed by atoms with E-state index in [2.05, 4.69) is 242 Å². The first-order valence-electron chi connectivity index (χ1n) is 29.2. The molecule has 0 aliphatic heterocycles. The van der Waals surface area contributed by atoms with E-state index in [1.165, 1.54) is 22.3 Å². The Morgan fingerprint density at radius 3 is 1.52 bits per heavy atom. The zero-order valence-electron chi connectivity index (χ0n) is 47.7. The van der Waals surface area contributed by atoms with Crippen molar-refractivity contribution >= 4 is 69.0 Å². The Morgan fingerprint density at radius 1 is 0.360 bits per heavy atom. The minimum atomic E-state index is -0.751. The van der Waals surface area contributed by atoms with Crippen molar-refractivity contribution in [3.63, 3.8) is 0 Å². The van der Waals surface area contributed by atoms with Gasteiger partial charge in [0.2, 0.25) is 0 Å². The van der Waals surface area contributed by atoms with Gasteiger partial charge in [-0.25, -0.2) is 9.24 Å². The van der Waals surface area contributed by atoms with Crippen molar-refractivity contribution in [2.45, 2.75) is 24.7 Å². The molecule has 86 heavy (non-hydrogen) atoms. The van der Waals surface area contributed by atoms with Gasteiger partial charge < -0.3 is 14.7 Å². The highest BCUT2D eigenvalue weighted by atomic mass is 19.1. The van der Waals surface area contributed by atoms with Gasteiger partial charge in [-0.15, -0.1) is 0 Å². The maximum atomic E-state index is 19.3. The Kier molecular flexibility index (Phi) is 12.3.